The maximum atomic E-state index is 11.3. The van der Waals surface area contributed by atoms with E-state index >= 15 is 0 Å². The number of ketones is 1. The molecule has 2 aliphatic rings. The lowest BCUT2D eigenvalue weighted by molar-refractivity contribution is -0.494. The van der Waals surface area contributed by atoms with Crippen LogP contribution in [0.25, 0.3) is 0 Å². The zero-order valence-corrected chi connectivity index (χ0v) is 9.65. The van der Waals surface area contributed by atoms with Crippen LogP contribution in [0.4, 0.5) is 0 Å². The minimum atomic E-state index is -0.628. The number of allylic oxidation sites excluding steroid dienone is 2. The van der Waals surface area contributed by atoms with Gasteiger partial charge >= 0.3 is 0 Å². The Balaban J connectivity index is 2.61. The molecular formula is C9H9INO3+. The third-order valence-electron chi connectivity index (χ3n) is 2.40. The van der Waals surface area contributed by atoms with Crippen LogP contribution in [0, 0.1) is 0 Å². The first-order valence-electron chi connectivity index (χ1n) is 4.14. The summed E-state index contributed by atoms with van der Waals surface area (Å²) in [6.45, 7) is 0.466. The summed E-state index contributed by atoms with van der Waals surface area (Å²) >= 11 is 1.92. The van der Waals surface area contributed by atoms with Crippen LogP contribution < -0.4 is 0 Å². The van der Waals surface area contributed by atoms with E-state index < -0.39 is 11.9 Å². The van der Waals surface area contributed by atoms with E-state index in [1.54, 1.807) is 0 Å². The number of aliphatic hydroxyl groups excluding tert-OH is 2. The average molecular weight is 306 g/mol. The molecule has 2 N–H and O–H groups in total. The zero-order valence-electron chi connectivity index (χ0n) is 7.49. The molecule has 0 saturated carbocycles. The Bertz CT molecular complexity index is 420. The highest BCUT2D eigenvalue weighted by Crippen LogP contribution is 2.28. The molecule has 14 heavy (non-hydrogen) atoms. The number of likely N-dealkylation sites (N-methyl/N-ethyl adjacent to an activating group) is 1. The fourth-order valence-corrected chi connectivity index (χ4v) is 2.70. The Morgan fingerprint density at radius 2 is 2.29 bits per heavy atom. The van der Waals surface area contributed by atoms with E-state index in [2.05, 4.69) is 0 Å². The topological polar surface area (TPSA) is 60.5 Å². The molecule has 0 aromatic heterocycles. The highest BCUT2D eigenvalue weighted by molar-refractivity contribution is 14.1. The Morgan fingerprint density at radius 3 is 2.93 bits per heavy atom. The van der Waals surface area contributed by atoms with Crippen LogP contribution >= 0.6 is 22.6 Å². The number of hydrogen-bond acceptors (Lipinski definition) is 3. The molecule has 1 heterocycles. The number of carbonyl (C=O) groups is 1. The van der Waals surface area contributed by atoms with Gasteiger partial charge in [0.25, 0.3) is 0 Å². The summed E-state index contributed by atoms with van der Waals surface area (Å²) in [6.07, 6.45) is 0.679. The molecule has 0 amide bonds. The lowest BCUT2D eigenvalue weighted by Crippen LogP contribution is -2.20. The number of halogens is 1. The highest BCUT2D eigenvalue weighted by Gasteiger charge is 2.40. The summed E-state index contributed by atoms with van der Waals surface area (Å²) in [4.78, 5) is 11.3. The summed E-state index contributed by atoms with van der Waals surface area (Å²) in [7, 11) is 1.82. The maximum Gasteiger partial charge on any atom is 0.223 e. The fourth-order valence-electron chi connectivity index (χ4n) is 1.72. The van der Waals surface area contributed by atoms with Crippen LogP contribution in [0.2, 0.25) is 0 Å². The molecule has 1 aliphatic heterocycles. The van der Waals surface area contributed by atoms with Crippen molar-refractivity contribution in [3.05, 3.63) is 21.0 Å². The van der Waals surface area contributed by atoms with Crippen molar-refractivity contribution in [1.29, 1.82) is 0 Å². The van der Waals surface area contributed by atoms with E-state index in [0.717, 1.165) is 5.71 Å². The van der Waals surface area contributed by atoms with Gasteiger partial charge in [0.05, 0.1) is 5.57 Å². The van der Waals surface area contributed by atoms with E-state index in [-0.39, 0.29) is 5.76 Å². The molecule has 0 radical (unpaired) electrons. The lowest BCUT2D eigenvalue weighted by atomic mass is 9.99. The Kier molecular flexibility index (Phi) is 2.23. The molecule has 1 atom stereocenters. The summed E-state index contributed by atoms with van der Waals surface area (Å²) in [5, 5.41) is 19.1. The molecule has 0 aromatic rings. The first kappa shape index (κ1) is 9.85. The maximum absolute atomic E-state index is 11.3. The van der Waals surface area contributed by atoms with E-state index in [9.17, 15) is 15.0 Å². The summed E-state index contributed by atoms with van der Waals surface area (Å²) in [6, 6.07) is 0. The van der Waals surface area contributed by atoms with Crippen LogP contribution in [-0.4, -0.2) is 46.0 Å². The van der Waals surface area contributed by atoms with Gasteiger partial charge in [0.15, 0.2) is 12.3 Å². The number of rotatable bonds is 0. The Labute approximate surface area is 94.4 Å². The van der Waals surface area contributed by atoms with Crippen molar-refractivity contribution in [3.8, 4) is 0 Å². The molecule has 0 spiro atoms. The van der Waals surface area contributed by atoms with Crippen molar-refractivity contribution in [1.82, 2.24) is 0 Å². The quantitative estimate of drug-likeness (QED) is 0.381. The smallest absolute Gasteiger partial charge is 0.223 e. The zero-order chi connectivity index (χ0) is 10.5. The molecular weight excluding hydrogens is 297 g/mol. The van der Waals surface area contributed by atoms with Crippen LogP contribution in [-0.2, 0) is 4.79 Å². The molecule has 0 fully saturated rings. The Morgan fingerprint density at radius 1 is 1.64 bits per heavy atom. The molecule has 0 saturated heterocycles. The van der Waals surface area contributed by atoms with Gasteiger partial charge in [-0.1, -0.05) is 0 Å². The first-order valence-corrected chi connectivity index (χ1v) is 5.21. The molecule has 0 bridgehead atoms. The molecule has 4 nitrogen and oxygen atoms in total. The number of nitrogens with zero attached hydrogens (tertiary/aromatic N) is 1. The van der Waals surface area contributed by atoms with Gasteiger partial charge in [-0.15, -0.1) is 0 Å². The third kappa shape index (κ3) is 1.23. The second-order valence-corrected chi connectivity index (χ2v) is 4.45. The van der Waals surface area contributed by atoms with E-state index in [0.29, 0.717) is 15.7 Å². The van der Waals surface area contributed by atoms with Crippen molar-refractivity contribution in [2.75, 3.05) is 13.6 Å². The normalized spacial score (nSPS) is 26.9. The van der Waals surface area contributed by atoms with Gasteiger partial charge in [-0.25, -0.2) is 4.58 Å². The van der Waals surface area contributed by atoms with Gasteiger partial charge in [-0.05, 0) is 22.6 Å². The third-order valence-corrected chi connectivity index (χ3v) is 3.42. The van der Waals surface area contributed by atoms with Gasteiger partial charge in [-0.3, -0.25) is 4.79 Å². The number of hydrogen-bond donors (Lipinski definition) is 2. The largest absolute Gasteiger partial charge is 0.503 e. The number of carbonyl (C=O) groups excluding carboxylic acids is 1. The predicted molar refractivity (Wildman–Crippen MR) is 58.8 cm³/mol. The fraction of sp³-hybridized carbons (Fsp3) is 0.333. The number of β-amino-alcohol motifs (C(OH)–C–C–N with tert-alkyl or cyclic N) is 1. The highest BCUT2D eigenvalue weighted by atomic mass is 127. The van der Waals surface area contributed by atoms with Crippen molar-refractivity contribution in [2.24, 2.45) is 0 Å². The minimum Gasteiger partial charge on any atom is -0.503 e. The predicted octanol–water partition coefficient (Wildman–Crippen LogP) is 0.158. The SMILES string of the molecule is C[N+]1=C2C(=CC(=O)C(O)=C2I)C(O)C1. The van der Waals surface area contributed by atoms with Crippen molar-refractivity contribution in [2.45, 2.75) is 6.10 Å². The molecule has 2 rings (SSSR count). The first-order chi connectivity index (χ1) is 6.52. The monoisotopic (exact) mass is 306 g/mol. The molecule has 0 aromatic carbocycles. The van der Waals surface area contributed by atoms with Gasteiger partial charge in [0, 0.05) is 6.08 Å². The summed E-state index contributed by atoms with van der Waals surface area (Å²) in [5.41, 5.74) is 1.37. The second kappa shape index (κ2) is 3.16. The van der Waals surface area contributed by atoms with E-state index in [1.807, 2.05) is 34.2 Å². The number of aliphatic hydroxyl groups is 2. The molecule has 5 heteroatoms. The average Bonchev–Trinajstić information content (AvgIpc) is 2.38. The van der Waals surface area contributed by atoms with Crippen LogP contribution in [0.5, 0.6) is 0 Å². The van der Waals surface area contributed by atoms with Crippen molar-refractivity contribution >= 4 is 34.1 Å². The molecule has 1 aliphatic carbocycles. The van der Waals surface area contributed by atoms with E-state index in [4.69, 9.17) is 0 Å². The van der Waals surface area contributed by atoms with Gasteiger partial charge in [0.1, 0.15) is 16.7 Å². The minimum absolute atomic E-state index is 0.231. The van der Waals surface area contributed by atoms with Gasteiger partial charge in [0.2, 0.25) is 11.5 Å². The summed E-state index contributed by atoms with van der Waals surface area (Å²) in [5.74, 6) is -0.659. The molecule has 1 unspecified atom stereocenters. The van der Waals surface area contributed by atoms with Gasteiger partial charge in [-0.2, -0.15) is 0 Å². The van der Waals surface area contributed by atoms with Gasteiger partial charge < -0.3 is 10.2 Å². The van der Waals surface area contributed by atoms with Crippen molar-refractivity contribution < 1.29 is 19.6 Å². The molecule has 74 valence electrons. The Hall–Kier alpha value is -0.690. The standard InChI is InChI=1S/C9H8INO3/c1-11-3-6(13)4-2-5(12)9(14)7(10)8(4)11/h2,6,13H,3H2,1H3/p+1. The van der Waals surface area contributed by atoms with E-state index in [1.165, 1.54) is 6.08 Å². The lowest BCUT2D eigenvalue weighted by Gasteiger charge is -2.08. The number of fused-ring (bicyclic) bond motifs is 1. The summed E-state index contributed by atoms with van der Waals surface area (Å²) < 4.78 is 2.35. The van der Waals surface area contributed by atoms with Crippen LogP contribution in [0.15, 0.2) is 21.0 Å². The van der Waals surface area contributed by atoms with Crippen LogP contribution in [0.3, 0.4) is 0 Å². The second-order valence-electron chi connectivity index (χ2n) is 3.37. The van der Waals surface area contributed by atoms with Crippen LogP contribution in [0.1, 0.15) is 0 Å². The van der Waals surface area contributed by atoms with Crippen molar-refractivity contribution in [3.63, 3.8) is 0 Å².